The minimum Gasteiger partial charge on any atom is -0.389 e. The fraction of sp³-hybridized carbons (Fsp3) is 0.455. The molecule has 0 aliphatic carbocycles. The van der Waals surface area contributed by atoms with Crippen LogP contribution in [0.25, 0.3) is 0 Å². The Bertz CT molecular complexity index is 365. The zero-order valence-corrected chi connectivity index (χ0v) is 10.0. The molecule has 0 spiro atoms. The average molecular weight is 203 g/mol. The number of anilines is 1. The number of hydrogen-bond donors (Lipinski definition) is 1. The SMILES string of the molecule is [B]c1cc([B])c(NC)c([B]CCCC)c1[B]. The van der Waals surface area contributed by atoms with Crippen molar-refractivity contribution in [2.45, 2.75) is 26.1 Å². The first-order chi connectivity index (χ1) is 7.61. The lowest BCUT2D eigenvalue weighted by Crippen LogP contribution is -2.46. The Hall–Kier alpha value is -0.720. The van der Waals surface area contributed by atoms with Crippen LogP contribution < -0.4 is 27.2 Å². The van der Waals surface area contributed by atoms with Gasteiger partial charge in [0, 0.05) is 12.7 Å². The van der Waals surface area contributed by atoms with Crippen molar-refractivity contribution in [3.63, 3.8) is 0 Å². The van der Waals surface area contributed by atoms with Crippen LogP contribution >= 0.6 is 0 Å². The van der Waals surface area contributed by atoms with Crippen molar-refractivity contribution in [1.29, 1.82) is 0 Å². The van der Waals surface area contributed by atoms with Crippen LogP contribution in [0.4, 0.5) is 5.69 Å². The number of unbranched alkanes of at least 4 members (excludes halogenated alkanes) is 1. The molecule has 1 nitrogen and oxygen atoms in total. The van der Waals surface area contributed by atoms with E-state index in [0.29, 0.717) is 16.4 Å². The predicted octanol–water partition coefficient (Wildman–Crippen LogP) is -1.34. The summed E-state index contributed by atoms with van der Waals surface area (Å²) in [7, 11) is 21.6. The number of rotatable bonds is 5. The maximum absolute atomic E-state index is 5.96. The van der Waals surface area contributed by atoms with Crippen LogP contribution in [0.1, 0.15) is 19.8 Å². The molecule has 0 saturated heterocycles. The highest BCUT2D eigenvalue weighted by Crippen LogP contribution is 1.98. The Morgan fingerprint density at radius 1 is 1.25 bits per heavy atom. The lowest BCUT2D eigenvalue weighted by molar-refractivity contribution is 0.881. The van der Waals surface area contributed by atoms with Crippen molar-refractivity contribution in [3.8, 4) is 0 Å². The summed E-state index contributed by atoms with van der Waals surface area (Å²) in [6.07, 6.45) is 3.28. The Kier molecular flexibility index (Phi) is 5.11. The summed E-state index contributed by atoms with van der Waals surface area (Å²) in [6.45, 7) is 2.16. The van der Waals surface area contributed by atoms with Gasteiger partial charge in [0.2, 0.25) is 0 Å². The van der Waals surface area contributed by atoms with Crippen LogP contribution in [-0.2, 0) is 0 Å². The van der Waals surface area contributed by atoms with Crippen molar-refractivity contribution in [1.82, 2.24) is 0 Å². The van der Waals surface area contributed by atoms with E-state index in [9.17, 15) is 0 Å². The predicted molar refractivity (Wildman–Crippen MR) is 77.3 cm³/mol. The first-order valence-corrected chi connectivity index (χ1v) is 5.60. The summed E-state index contributed by atoms with van der Waals surface area (Å²) in [5.41, 5.74) is 3.57. The van der Waals surface area contributed by atoms with Gasteiger partial charge < -0.3 is 5.32 Å². The van der Waals surface area contributed by atoms with E-state index in [2.05, 4.69) is 19.5 Å². The fourth-order valence-electron chi connectivity index (χ4n) is 1.70. The van der Waals surface area contributed by atoms with E-state index in [1.807, 2.05) is 7.05 Å². The highest BCUT2D eigenvalue weighted by Gasteiger charge is 2.09. The molecule has 7 radical (unpaired) electrons. The summed E-state index contributed by atoms with van der Waals surface area (Å²) in [5, 5.41) is 3.07. The normalized spacial score (nSPS) is 10.1. The maximum atomic E-state index is 5.96. The lowest BCUT2D eigenvalue weighted by atomic mass is 9.57. The Labute approximate surface area is 103 Å². The van der Waals surface area contributed by atoms with Crippen molar-refractivity contribution < 1.29 is 0 Å². The molecule has 1 rings (SSSR count). The summed E-state index contributed by atoms with van der Waals surface area (Å²) in [6, 6.07) is 1.69. The van der Waals surface area contributed by atoms with Gasteiger partial charge >= 0.3 is 0 Å². The summed E-state index contributed by atoms with van der Waals surface area (Å²) in [5.74, 6) is 0. The van der Waals surface area contributed by atoms with E-state index in [1.165, 1.54) is 0 Å². The lowest BCUT2D eigenvalue weighted by Gasteiger charge is -2.18. The van der Waals surface area contributed by atoms with E-state index in [0.717, 1.165) is 30.3 Å². The molecule has 1 N–H and O–H groups in total. The minimum atomic E-state index is 0.541. The standard InChI is InChI=1S/C11H14B4N/c1-3-4-5-15-10-9(14)7(12)6-8(13)11(10)16-2/h6,16H,3-5H2,1-2H3. The molecule has 0 amide bonds. The number of nitrogens with one attached hydrogen (secondary N) is 1. The summed E-state index contributed by atoms with van der Waals surface area (Å²) in [4.78, 5) is 0. The Balaban J connectivity index is 3.02. The van der Waals surface area contributed by atoms with E-state index >= 15 is 0 Å². The van der Waals surface area contributed by atoms with Gasteiger partial charge in [-0.25, -0.2) is 0 Å². The fourth-order valence-corrected chi connectivity index (χ4v) is 1.70. The van der Waals surface area contributed by atoms with Crippen LogP contribution in [0.3, 0.4) is 0 Å². The molecule has 1 aromatic rings. The third-order valence-electron chi connectivity index (χ3n) is 2.63. The molecule has 0 bridgehead atoms. The van der Waals surface area contributed by atoms with Gasteiger partial charge in [-0.3, -0.25) is 0 Å². The molecule has 0 aromatic heterocycles. The Morgan fingerprint density at radius 2 is 1.94 bits per heavy atom. The zero-order chi connectivity index (χ0) is 12.1. The zero-order valence-electron chi connectivity index (χ0n) is 10.0. The summed E-state index contributed by atoms with van der Waals surface area (Å²) >= 11 is 0. The third-order valence-corrected chi connectivity index (χ3v) is 2.63. The van der Waals surface area contributed by atoms with Gasteiger partial charge in [-0.2, -0.15) is 0 Å². The molecule has 0 heterocycles. The maximum Gasteiger partial charge on any atom is 0.153 e. The first kappa shape index (κ1) is 13.3. The number of hydrogen-bond acceptors (Lipinski definition) is 1. The molecule has 0 atom stereocenters. The van der Waals surface area contributed by atoms with E-state index in [-0.39, 0.29) is 0 Å². The average Bonchev–Trinajstić information content (AvgIpc) is 2.25. The van der Waals surface area contributed by atoms with Gasteiger partial charge in [0.1, 0.15) is 23.5 Å². The molecule has 0 aliphatic heterocycles. The second kappa shape index (κ2) is 6.12. The quantitative estimate of drug-likeness (QED) is 0.461. The molecule has 5 heteroatoms. The monoisotopic (exact) mass is 204 g/mol. The van der Waals surface area contributed by atoms with Crippen LogP contribution in [0.2, 0.25) is 6.32 Å². The largest absolute Gasteiger partial charge is 0.389 e. The molecular weight excluding hydrogens is 189 g/mol. The van der Waals surface area contributed by atoms with Gasteiger partial charge in [-0.05, 0) is 0 Å². The highest BCUT2D eigenvalue weighted by molar-refractivity contribution is 6.68. The first-order valence-electron chi connectivity index (χ1n) is 5.60. The van der Waals surface area contributed by atoms with Crippen molar-refractivity contribution >= 4 is 58.4 Å². The molecule has 0 fully saturated rings. The van der Waals surface area contributed by atoms with Crippen molar-refractivity contribution in [3.05, 3.63) is 6.07 Å². The molecule has 16 heavy (non-hydrogen) atoms. The van der Waals surface area contributed by atoms with Crippen LogP contribution in [0, 0.1) is 0 Å². The van der Waals surface area contributed by atoms with Gasteiger partial charge in [0.05, 0.1) is 0 Å². The Morgan fingerprint density at radius 3 is 2.50 bits per heavy atom. The summed E-state index contributed by atoms with van der Waals surface area (Å²) < 4.78 is 0. The van der Waals surface area contributed by atoms with Gasteiger partial charge in [0.15, 0.2) is 7.28 Å². The van der Waals surface area contributed by atoms with Gasteiger partial charge in [-0.1, -0.05) is 43.1 Å². The molecule has 0 saturated carbocycles. The molecule has 0 aliphatic rings. The highest BCUT2D eigenvalue weighted by atomic mass is 14.8. The van der Waals surface area contributed by atoms with E-state index in [1.54, 1.807) is 6.07 Å². The number of benzene rings is 1. The van der Waals surface area contributed by atoms with Gasteiger partial charge in [-0.15, -0.1) is 10.9 Å². The minimum absolute atomic E-state index is 0.541. The van der Waals surface area contributed by atoms with Crippen molar-refractivity contribution in [2.75, 3.05) is 12.4 Å². The molecule has 0 unspecified atom stereocenters. The molecule has 1 aromatic carbocycles. The smallest absolute Gasteiger partial charge is 0.153 e. The van der Waals surface area contributed by atoms with Crippen LogP contribution in [0.5, 0.6) is 0 Å². The molecular formula is C11H14B4N. The van der Waals surface area contributed by atoms with E-state index < -0.39 is 0 Å². The van der Waals surface area contributed by atoms with E-state index in [4.69, 9.17) is 23.5 Å². The third kappa shape index (κ3) is 2.90. The topological polar surface area (TPSA) is 12.0 Å². The second-order valence-corrected chi connectivity index (χ2v) is 3.85. The van der Waals surface area contributed by atoms with Crippen LogP contribution in [-0.4, -0.2) is 37.9 Å². The second-order valence-electron chi connectivity index (χ2n) is 3.85. The van der Waals surface area contributed by atoms with Crippen molar-refractivity contribution in [2.24, 2.45) is 0 Å². The van der Waals surface area contributed by atoms with Crippen LogP contribution in [0.15, 0.2) is 6.07 Å². The molecule has 75 valence electrons. The van der Waals surface area contributed by atoms with Gasteiger partial charge in [0.25, 0.3) is 0 Å².